The van der Waals surface area contributed by atoms with Crippen molar-refractivity contribution < 1.29 is 0 Å². The van der Waals surface area contributed by atoms with E-state index < -0.39 is 0 Å². The van der Waals surface area contributed by atoms with Crippen molar-refractivity contribution in [2.75, 3.05) is 11.9 Å². The highest BCUT2D eigenvalue weighted by molar-refractivity contribution is 5.69. The molecule has 136 valence electrons. The molecule has 0 aromatic heterocycles. The molecule has 1 atom stereocenters. The Labute approximate surface area is 158 Å². The molecule has 0 amide bonds. The summed E-state index contributed by atoms with van der Waals surface area (Å²) in [6.45, 7) is 11.8. The van der Waals surface area contributed by atoms with Crippen LogP contribution in [0.3, 0.4) is 0 Å². The molecule has 4 rings (SSSR count). The van der Waals surface area contributed by atoms with Crippen LogP contribution in [0.1, 0.15) is 57.5 Å². The van der Waals surface area contributed by atoms with E-state index in [0.29, 0.717) is 0 Å². The highest BCUT2D eigenvalue weighted by Crippen LogP contribution is 2.59. The van der Waals surface area contributed by atoms with Gasteiger partial charge in [-0.3, -0.25) is 0 Å². The largest absolute Gasteiger partial charge is 0.355 e. The van der Waals surface area contributed by atoms with Crippen LogP contribution in [0.4, 0.5) is 5.69 Å². The molecule has 0 spiro atoms. The molecule has 2 aromatic rings. The normalized spacial score (nSPS) is 22.7. The highest BCUT2D eigenvalue weighted by Gasteiger charge is 2.53. The maximum atomic E-state index is 2.58. The molecule has 2 aliphatic rings. The van der Waals surface area contributed by atoms with E-state index in [9.17, 15) is 0 Å². The predicted molar refractivity (Wildman–Crippen MR) is 110 cm³/mol. The van der Waals surface area contributed by atoms with Crippen LogP contribution < -0.4 is 4.90 Å². The molecular formula is C24H30N2. The van der Waals surface area contributed by atoms with Gasteiger partial charge in [-0.15, -0.1) is 0 Å². The maximum Gasteiger partial charge on any atom is 0.132 e. The van der Waals surface area contributed by atoms with Crippen molar-refractivity contribution in [2.45, 2.75) is 52.6 Å². The number of para-hydroxylation sites is 1. The first-order chi connectivity index (χ1) is 12.3. The van der Waals surface area contributed by atoms with Crippen LogP contribution in [-0.2, 0) is 11.8 Å². The molecule has 1 unspecified atom stereocenters. The summed E-state index contributed by atoms with van der Waals surface area (Å²) < 4.78 is 0. The molecule has 0 radical (unpaired) electrons. The number of anilines is 1. The van der Waals surface area contributed by atoms with Crippen molar-refractivity contribution >= 4 is 5.69 Å². The maximum absolute atomic E-state index is 2.58. The lowest BCUT2D eigenvalue weighted by Gasteiger charge is -2.53. The van der Waals surface area contributed by atoms with Crippen molar-refractivity contribution in [1.82, 2.24) is 4.90 Å². The Bertz CT molecular complexity index is 875. The monoisotopic (exact) mass is 346 g/mol. The molecule has 2 aliphatic heterocycles. The smallest absolute Gasteiger partial charge is 0.132 e. The van der Waals surface area contributed by atoms with E-state index >= 15 is 0 Å². The molecule has 2 heterocycles. The summed E-state index contributed by atoms with van der Waals surface area (Å²) in [6, 6.07) is 17.9. The zero-order valence-electron chi connectivity index (χ0n) is 16.9. The minimum Gasteiger partial charge on any atom is -0.355 e. The van der Waals surface area contributed by atoms with Gasteiger partial charge in [-0.1, -0.05) is 77.1 Å². The van der Waals surface area contributed by atoms with Crippen LogP contribution in [0.25, 0.3) is 0 Å². The third-order valence-electron chi connectivity index (χ3n) is 6.97. The first-order valence-corrected chi connectivity index (χ1v) is 9.71. The lowest BCUT2D eigenvalue weighted by molar-refractivity contribution is 0.230. The number of aryl methyl sites for hydroxylation is 1. The van der Waals surface area contributed by atoms with Crippen LogP contribution in [0.2, 0.25) is 0 Å². The third-order valence-corrected chi connectivity index (χ3v) is 6.97. The fraction of sp³-hybridized carbons (Fsp3) is 0.417. The van der Waals surface area contributed by atoms with Gasteiger partial charge in [0, 0.05) is 35.5 Å². The van der Waals surface area contributed by atoms with Crippen molar-refractivity contribution in [3.63, 3.8) is 0 Å². The molecule has 0 fully saturated rings. The summed E-state index contributed by atoms with van der Waals surface area (Å²) in [5, 5.41) is 0. The molecule has 2 heteroatoms. The van der Waals surface area contributed by atoms with Gasteiger partial charge >= 0.3 is 0 Å². The van der Waals surface area contributed by atoms with E-state index in [1.165, 1.54) is 28.1 Å². The molecular weight excluding hydrogens is 316 g/mol. The number of fused-ring (bicyclic) bond motifs is 3. The fourth-order valence-electron chi connectivity index (χ4n) is 4.70. The Hall–Kier alpha value is -2.22. The number of allylic oxidation sites excluding steroid dienone is 1. The van der Waals surface area contributed by atoms with Gasteiger partial charge in [0.2, 0.25) is 0 Å². The van der Waals surface area contributed by atoms with Crippen molar-refractivity contribution in [1.29, 1.82) is 0 Å². The van der Waals surface area contributed by atoms with Gasteiger partial charge in [0.25, 0.3) is 0 Å². The van der Waals surface area contributed by atoms with E-state index in [2.05, 4.69) is 106 Å². The van der Waals surface area contributed by atoms with Crippen LogP contribution >= 0.6 is 0 Å². The average Bonchev–Trinajstić information content (AvgIpc) is 2.98. The zero-order chi connectivity index (χ0) is 18.7. The summed E-state index contributed by atoms with van der Waals surface area (Å²) in [7, 11) is 2.22. The van der Waals surface area contributed by atoms with Gasteiger partial charge < -0.3 is 9.80 Å². The topological polar surface area (TPSA) is 6.48 Å². The number of rotatable bonds is 2. The summed E-state index contributed by atoms with van der Waals surface area (Å²) >= 11 is 0. The summed E-state index contributed by atoms with van der Waals surface area (Å²) in [4.78, 5) is 4.97. The molecule has 2 aromatic carbocycles. The van der Waals surface area contributed by atoms with Gasteiger partial charge in [-0.25, -0.2) is 0 Å². The Balaban J connectivity index is 1.96. The lowest BCUT2D eigenvalue weighted by atomic mass is 9.60. The molecule has 2 nitrogen and oxygen atoms in total. The van der Waals surface area contributed by atoms with E-state index in [4.69, 9.17) is 0 Å². The van der Waals surface area contributed by atoms with E-state index in [-0.39, 0.29) is 17.0 Å². The Kier molecular flexibility index (Phi) is 3.73. The fourth-order valence-corrected chi connectivity index (χ4v) is 4.70. The Morgan fingerprint density at radius 3 is 2.27 bits per heavy atom. The predicted octanol–water partition coefficient (Wildman–Crippen LogP) is 5.86. The average molecular weight is 347 g/mol. The molecule has 0 saturated carbocycles. The molecule has 0 bridgehead atoms. The SMILES string of the molecule is CCc1ccccc1C1N(C)C=C2N1c1ccccc1C(C)(C)C2(C)C. The molecule has 0 N–H and O–H groups in total. The first-order valence-electron chi connectivity index (χ1n) is 9.71. The number of benzene rings is 2. The molecule has 26 heavy (non-hydrogen) atoms. The van der Waals surface area contributed by atoms with Crippen LogP contribution in [0.5, 0.6) is 0 Å². The van der Waals surface area contributed by atoms with Gasteiger partial charge in [0.15, 0.2) is 0 Å². The number of nitrogens with zero attached hydrogens (tertiary/aromatic N) is 2. The molecule has 0 aliphatic carbocycles. The minimum atomic E-state index is 0.0471. The van der Waals surface area contributed by atoms with Gasteiger partial charge in [0.05, 0.1) is 0 Å². The minimum absolute atomic E-state index is 0.0471. The highest BCUT2D eigenvalue weighted by atomic mass is 15.4. The van der Waals surface area contributed by atoms with E-state index in [1.807, 2.05) is 0 Å². The van der Waals surface area contributed by atoms with Crippen LogP contribution in [-0.4, -0.2) is 11.9 Å². The second-order valence-electron chi connectivity index (χ2n) is 8.74. The lowest BCUT2D eigenvalue weighted by Crippen LogP contribution is -2.48. The molecule has 0 saturated heterocycles. The second kappa shape index (κ2) is 5.64. The van der Waals surface area contributed by atoms with Crippen molar-refractivity contribution in [3.8, 4) is 0 Å². The van der Waals surface area contributed by atoms with Crippen molar-refractivity contribution in [2.24, 2.45) is 5.41 Å². The second-order valence-corrected chi connectivity index (χ2v) is 8.74. The number of hydrogen-bond acceptors (Lipinski definition) is 2. The summed E-state index contributed by atoms with van der Waals surface area (Å²) in [6.07, 6.45) is 3.65. The van der Waals surface area contributed by atoms with E-state index in [1.54, 1.807) is 0 Å². The summed E-state index contributed by atoms with van der Waals surface area (Å²) in [5.41, 5.74) is 7.17. The first kappa shape index (κ1) is 17.2. The Morgan fingerprint density at radius 1 is 0.885 bits per heavy atom. The van der Waals surface area contributed by atoms with Gasteiger partial charge in [-0.05, 0) is 29.2 Å². The van der Waals surface area contributed by atoms with Gasteiger partial charge in [0.1, 0.15) is 6.17 Å². The Morgan fingerprint density at radius 2 is 1.54 bits per heavy atom. The van der Waals surface area contributed by atoms with Crippen LogP contribution in [0, 0.1) is 5.41 Å². The number of hydrogen-bond donors (Lipinski definition) is 0. The van der Waals surface area contributed by atoms with E-state index in [0.717, 1.165) is 6.42 Å². The summed E-state index contributed by atoms with van der Waals surface area (Å²) in [5.74, 6) is 0. The van der Waals surface area contributed by atoms with Gasteiger partial charge in [-0.2, -0.15) is 0 Å². The zero-order valence-corrected chi connectivity index (χ0v) is 16.9. The van der Waals surface area contributed by atoms with Crippen LogP contribution in [0.15, 0.2) is 60.4 Å². The third kappa shape index (κ3) is 2.11. The van der Waals surface area contributed by atoms with Crippen molar-refractivity contribution in [3.05, 3.63) is 77.1 Å². The quantitative estimate of drug-likeness (QED) is 0.672. The standard InChI is InChI=1S/C24H30N2/c1-7-17-12-8-9-13-18(17)22-25(6)16-21-24(4,5)23(2,3)19-14-10-11-15-20(19)26(21)22/h8-16,22H,7H2,1-6H3.